The van der Waals surface area contributed by atoms with Gasteiger partial charge in [-0.1, -0.05) is 45.0 Å². The number of benzene rings is 1. The van der Waals surface area contributed by atoms with E-state index in [2.05, 4.69) is 27.8 Å². The standard InChI is InChI=1S/C32H49N5O6/c1-22(24-8-10-25(11-9-24)26-12-14-34-23(26)2)35-30(39)27-7-6-15-37(27)31(40)29(32(3,4)5)36-28(38)21-43-20-19-42-18-17-41-16-13-33/h8-11,14,22,27,29H,6-7,12-13,15-21,33H2,1-5H3,(H,35,39)(H,36,38)/t22-,27-,29+/m0/s1. The molecule has 1 aromatic carbocycles. The van der Waals surface area contributed by atoms with Gasteiger partial charge >= 0.3 is 0 Å². The van der Waals surface area contributed by atoms with Crippen LogP contribution in [0.15, 0.2) is 35.0 Å². The number of hydrogen-bond acceptors (Lipinski definition) is 8. The molecular weight excluding hydrogens is 550 g/mol. The van der Waals surface area contributed by atoms with Gasteiger partial charge in [-0.3, -0.25) is 19.4 Å². The highest BCUT2D eigenvalue weighted by molar-refractivity contribution is 5.93. The molecular formula is C32H49N5O6. The minimum atomic E-state index is -0.810. The molecule has 11 nitrogen and oxygen atoms in total. The van der Waals surface area contributed by atoms with Crippen molar-refractivity contribution in [2.45, 2.75) is 72.0 Å². The molecule has 3 amide bonds. The fraction of sp³-hybridized carbons (Fsp3) is 0.625. The summed E-state index contributed by atoms with van der Waals surface area (Å²) >= 11 is 0. The van der Waals surface area contributed by atoms with Crippen molar-refractivity contribution in [3.63, 3.8) is 0 Å². The summed E-state index contributed by atoms with van der Waals surface area (Å²) < 4.78 is 16.1. The second-order valence-electron chi connectivity index (χ2n) is 12.1. The van der Waals surface area contributed by atoms with Gasteiger partial charge in [-0.05, 0) is 48.8 Å². The highest BCUT2D eigenvalue weighted by atomic mass is 16.5. The third-order valence-corrected chi connectivity index (χ3v) is 7.63. The molecule has 1 saturated heterocycles. The first-order valence-electron chi connectivity index (χ1n) is 15.2. The maximum Gasteiger partial charge on any atom is 0.246 e. The van der Waals surface area contributed by atoms with E-state index >= 15 is 0 Å². The van der Waals surface area contributed by atoms with E-state index < -0.39 is 23.4 Å². The molecule has 4 N–H and O–H groups in total. The number of allylic oxidation sites excluding steroid dienone is 2. The first-order valence-corrected chi connectivity index (χ1v) is 15.2. The number of aliphatic imine (C=N–C) groups is 1. The summed E-state index contributed by atoms with van der Waals surface area (Å²) in [5, 5.41) is 5.94. The molecule has 2 aliphatic heterocycles. The summed E-state index contributed by atoms with van der Waals surface area (Å²) in [5.41, 5.74) is 9.14. The number of likely N-dealkylation sites (tertiary alicyclic amines) is 1. The van der Waals surface area contributed by atoms with Gasteiger partial charge in [-0.2, -0.15) is 0 Å². The Hall–Kier alpha value is -3.12. The molecule has 0 bridgehead atoms. The van der Waals surface area contributed by atoms with E-state index in [-0.39, 0.29) is 31.1 Å². The predicted octanol–water partition coefficient (Wildman–Crippen LogP) is 2.60. The van der Waals surface area contributed by atoms with Gasteiger partial charge in [0.2, 0.25) is 17.7 Å². The molecule has 0 unspecified atom stereocenters. The van der Waals surface area contributed by atoms with Crippen LogP contribution in [0.3, 0.4) is 0 Å². The molecule has 0 aromatic heterocycles. The lowest BCUT2D eigenvalue weighted by molar-refractivity contribution is -0.144. The number of nitrogens with one attached hydrogen (secondary N) is 2. The van der Waals surface area contributed by atoms with Crippen molar-refractivity contribution in [1.82, 2.24) is 15.5 Å². The van der Waals surface area contributed by atoms with E-state index in [1.165, 1.54) is 5.57 Å². The monoisotopic (exact) mass is 599 g/mol. The lowest BCUT2D eigenvalue weighted by Crippen LogP contribution is -2.58. The molecule has 0 aliphatic carbocycles. The van der Waals surface area contributed by atoms with E-state index in [1.54, 1.807) is 4.90 Å². The maximum absolute atomic E-state index is 13.7. The van der Waals surface area contributed by atoms with E-state index in [4.69, 9.17) is 19.9 Å². The van der Waals surface area contributed by atoms with Crippen molar-refractivity contribution in [3.8, 4) is 0 Å². The molecule has 1 aromatic rings. The number of carbonyl (C=O) groups excluding carboxylic acids is 3. The van der Waals surface area contributed by atoms with Gasteiger partial charge in [-0.25, -0.2) is 0 Å². The zero-order valence-corrected chi connectivity index (χ0v) is 26.3. The lowest BCUT2D eigenvalue weighted by Gasteiger charge is -2.35. The number of amides is 3. The number of carbonyl (C=O) groups is 3. The van der Waals surface area contributed by atoms with Crippen molar-refractivity contribution < 1.29 is 28.6 Å². The molecule has 3 atom stereocenters. The van der Waals surface area contributed by atoms with Crippen molar-refractivity contribution in [2.24, 2.45) is 16.1 Å². The molecule has 1 fully saturated rings. The molecule has 11 heteroatoms. The largest absolute Gasteiger partial charge is 0.378 e. The zero-order valence-electron chi connectivity index (χ0n) is 26.3. The quantitative estimate of drug-likeness (QED) is 0.248. The molecule has 2 aliphatic rings. The first kappa shape index (κ1) is 34.4. The minimum absolute atomic E-state index is 0.194. The van der Waals surface area contributed by atoms with Crippen LogP contribution in [0.25, 0.3) is 5.57 Å². The average molecular weight is 600 g/mol. The SMILES string of the molecule is CC1=C(c2ccc([C@H](C)NC(=O)[C@@H]3CCCN3C(=O)[C@@H](NC(=O)COCCOCCOCCN)C(C)(C)C)cc2)CC=N1. The number of rotatable bonds is 16. The Balaban J connectivity index is 1.51. The number of nitrogens with two attached hydrogens (primary N) is 1. The van der Waals surface area contributed by atoms with Gasteiger partial charge in [0.1, 0.15) is 18.7 Å². The van der Waals surface area contributed by atoms with Crippen LogP contribution in [-0.4, -0.2) is 93.7 Å². The van der Waals surface area contributed by atoms with Crippen LogP contribution in [0.1, 0.15) is 71.0 Å². The number of nitrogens with zero attached hydrogens (tertiary/aromatic N) is 2. The van der Waals surface area contributed by atoms with Crippen LogP contribution in [0, 0.1) is 5.41 Å². The third-order valence-electron chi connectivity index (χ3n) is 7.63. The van der Waals surface area contributed by atoms with Crippen molar-refractivity contribution in [2.75, 3.05) is 52.7 Å². The summed E-state index contributed by atoms with van der Waals surface area (Å²) in [7, 11) is 0. The average Bonchev–Trinajstić information content (AvgIpc) is 3.63. The van der Waals surface area contributed by atoms with Crippen molar-refractivity contribution in [3.05, 3.63) is 41.1 Å². The minimum Gasteiger partial charge on any atom is -0.378 e. The van der Waals surface area contributed by atoms with E-state index in [9.17, 15) is 14.4 Å². The molecule has 2 heterocycles. The summed E-state index contributed by atoms with van der Waals surface area (Å²) in [4.78, 5) is 45.8. The molecule has 43 heavy (non-hydrogen) atoms. The van der Waals surface area contributed by atoms with Crippen LogP contribution >= 0.6 is 0 Å². The summed E-state index contributed by atoms with van der Waals surface area (Å²) in [6, 6.07) is 6.53. The second-order valence-corrected chi connectivity index (χ2v) is 12.1. The van der Waals surface area contributed by atoms with Crippen LogP contribution in [0.2, 0.25) is 0 Å². The van der Waals surface area contributed by atoms with E-state index in [0.717, 1.165) is 23.2 Å². The zero-order chi connectivity index (χ0) is 31.4. The van der Waals surface area contributed by atoms with E-state index in [0.29, 0.717) is 52.4 Å². The van der Waals surface area contributed by atoms with E-state index in [1.807, 2.05) is 53.0 Å². The normalized spacial score (nSPS) is 18.2. The molecule has 238 valence electrons. The van der Waals surface area contributed by atoms with Crippen LogP contribution < -0.4 is 16.4 Å². The van der Waals surface area contributed by atoms with Gasteiger partial charge in [0.15, 0.2) is 0 Å². The molecule has 0 saturated carbocycles. The van der Waals surface area contributed by atoms with Crippen LogP contribution in [-0.2, 0) is 28.6 Å². The molecule has 0 spiro atoms. The topological polar surface area (TPSA) is 145 Å². The number of ether oxygens (including phenoxy) is 3. The fourth-order valence-corrected chi connectivity index (χ4v) is 5.20. The highest BCUT2D eigenvalue weighted by Gasteiger charge is 2.42. The lowest BCUT2D eigenvalue weighted by atomic mass is 9.85. The van der Waals surface area contributed by atoms with Crippen molar-refractivity contribution in [1.29, 1.82) is 0 Å². The second kappa shape index (κ2) is 16.7. The Morgan fingerprint density at radius 2 is 1.67 bits per heavy atom. The van der Waals surface area contributed by atoms with Gasteiger partial charge in [0.25, 0.3) is 0 Å². The van der Waals surface area contributed by atoms with Gasteiger partial charge in [0.05, 0.1) is 39.1 Å². The number of hydrogen-bond donors (Lipinski definition) is 3. The Kier molecular flexibility index (Phi) is 13.3. The first-order chi connectivity index (χ1) is 20.5. The summed E-state index contributed by atoms with van der Waals surface area (Å²) in [6.07, 6.45) is 4.03. The maximum atomic E-state index is 13.7. The smallest absolute Gasteiger partial charge is 0.246 e. The summed E-state index contributed by atoms with van der Waals surface area (Å²) in [5.74, 6) is -0.855. The predicted molar refractivity (Wildman–Crippen MR) is 166 cm³/mol. The fourth-order valence-electron chi connectivity index (χ4n) is 5.20. The molecule has 0 radical (unpaired) electrons. The Morgan fingerprint density at radius 3 is 2.28 bits per heavy atom. The van der Waals surface area contributed by atoms with Crippen molar-refractivity contribution >= 4 is 29.5 Å². The Labute approximate surface area is 255 Å². The molecule has 3 rings (SSSR count). The Morgan fingerprint density at radius 1 is 1.02 bits per heavy atom. The summed E-state index contributed by atoms with van der Waals surface area (Å²) in [6.45, 7) is 12.3. The highest BCUT2D eigenvalue weighted by Crippen LogP contribution is 2.28. The van der Waals surface area contributed by atoms with Crippen LogP contribution in [0.4, 0.5) is 0 Å². The van der Waals surface area contributed by atoms with Crippen LogP contribution in [0.5, 0.6) is 0 Å². The van der Waals surface area contributed by atoms with Gasteiger partial charge in [-0.15, -0.1) is 0 Å². The van der Waals surface area contributed by atoms with Gasteiger partial charge in [0, 0.05) is 31.4 Å². The van der Waals surface area contributed by atoms with Gasteiger partial charge < -0.3 is 35.5 Å². The Bertz CT molecular complexity index is 1140. The third kappa shape index (κ3) is 10.2.